The lowest BCUT2D eigenvalue weighted by Gasteiger charge is -2.22. The van der Waals surface area contributed by atoms with Crippen LogP contribution >= 0.6 is 0 Å². The van der Waals surface area contributed by atoms with E-state index in [2.05, 4.69) is 15.3 Å². The average molecular weight is 289 g/mol. The van der Waals surface area contributed by atoms with Crippen molar-refractivity contribution < 1.29 is 4.79 Å². The maximum Gasteiger partial charge on any atom is 0.251 e. The van der Waals surface area contributed by atoms with Gasteiger partial charge in [0, 0.05) is 30.6 Å². The summed E-state index contributed by atoms with van der Waals surface area (Å²) in [6.45, 7) is 2.34. The third-order valence-corrected chi connectivity index (χ3v) is 4.94. The molecule has 0 radical (unpaired) electrons. The zero-order valence-electron chi connectivity index (χ0n) is 12.6. The molecule has 0 bridgehead atoms. The Morgan fingerprint density at radius 2 is 2.19 bits per heavy atom. The van der Waals surface area contributed by atoms with Gasteiger partial charge in [-0.3, -0.25) is 9.59 Å². The van der Waals surface area contributed by atoms with Gasteiger partial charge >= 0.3 is 0 Å². The number of aryl methyl sites for hydroxylation is 1. The molecule has 21 heavy (non-hydrogen) atoms. The van der Waals surface area contributed by atoms with Gasteiger partial charge in [0.1, 0.15) is 5.82 Å². The Bertz CT molecular complexity index is 587. The summed E-state index contributed by atoms with van der Waals surface area (Å²) in [5, 5.41) is 3.00. The standard InChI is InChI=1S/C16H23N3O2/c1-11-9-14(20)19-13(18-11)5-8-17-15(21)12-10-16(12)6-3-2-4-7-16/h9,12H,2-8,10H2,1H3,(H,17,21)(H,18,19,20)/t12-/m1/s1. The highest BCUT2D eigenvalue weighted by atomic mass is 16.2. The molecule has 0 unspecified atom stereocenters. The van der Waals surface area contributed by atoms with E-state index in [0.29, 0.717) is 29.9 Å². The second kappa shape index (κ2) is 5.62. The number of carbonyl (C=O) groups is 1. The molecule has 0 aliphatic heterocycles. The van der Waals surface area contributed by atoms with Crippen LogP contribution in [0.2, 0.25) is 0 Å². The zero-order chi connectivity index (χ0) is 14.9. The van der Waals surface area contributed by atoms with Crippen molar-refractivity contribution in [1.82, 2.24) is 15.3 Å². The molecule has 1 amide bonds. The van der Waals surface area contributed by atoms with Crippen LogP contribution in [0.4, 0.5) is 0 Å². The maximum atomic E-state index is 12.2. The molecule has 114 valence electrons. The quantitative estimate of drug-likeness (QED) is 0.886. The summed E-state index contributed by atoms with van der Waals surface area (Å²) in [5.41, 5.74) is 0.911. The predicted molar refractivity (Wildman–Crippen MR) is 79.9 cm³/mol. The van der Waals surface area contributed by atoms with Gasteiger partial charge in [0.25, 0.3) is 5.56 Å². The minimum absolute atomic E-state index is 0.132. The molecule has 2 aliphatic rings. The number of aromatic amines is 1. The first-order chi connectivity index (χ1) is 10.1. The number of hydrogen-bond donors (Lipinski definition) is 2. The average Bonchev–Trinajstić information content (AvgIpc) is 3.12. The number of nitrogens with one attached hydrogen (secondary N) is 2. The fourth-order valence-corrected chi connectivity index (χ4v) is 3.71. The third kappa shape index (κ3) is 3.17. The van der Waals surface area contributed by atoms with Crippen LogP contribution in [0.3, 0.4) is 0 Å². The van der Waals surface area contributed by atoms with Crippen LogP contribution < -0.4 is 10.9 Å². The molecule has 1 spiro atoms. The van der Waals surface area contributed by atoms with E-state index in [1.165, 1.54) is 38.2 Å². The van der Waals surface area contributed by atoms with E-state index in [1.807, 2.05) is 0 Å². The fourth-order valence-electron chi connectivity index (χ4n) is 3.71. The number of aromatic nitrogens is 2. The minimum Gasteiger partial charge on any atom is -0.355 e. The first-order valence-electron chi connectivity index (χ1n) is 7.94. The first-order valence-corrected chi connectivity index (χ1v) is 7.94. The van der Waals surface area contributed by atoms with Gasteiger partial charge in [0.05, 0.1) is 0 Å². The number of carbonyl (C=O) groups excluding carboxylic acids is 1. The molecule has 1 aromatic heterocycles. The largest absolute Gasteiger partial charge is 0.355 e. The minimum atomic E-state index is -0.132. The van der Waals surface area contributed by atoms with Gasteiger partial charge in [0.2, 0.25) is 5.91 Å². The third-order valence-electron chi connectivity index (χ3n) is 4.94. The van der Waals surface area contributed by atoms with Crippen molar-refractivity contribution in [2.45, 2.75) is 51.9 Å². The summed E-state index contributed by atoms with van der Waals surface area (Å²) in [5.74, 6) is 1.05. The Hall–Kier alpha value is -1.65. The van der Waals surface area contributed by atoms with Crippen molar-refractivity contribution in [2.24, 2.45) is 11.3 Å². The van der Waals surface area contributed by atoms with Gasteiger partial charge < -0.3 is 10.3 Å². The Morgan fingerprint density at radius 1 is 1.43 bits per heavy atom. The van der Waals surface area contributed by atoms with Crippen LogP contribution in [0.1, 0.15) is 50.0 Å². The lowest BCUT2D eigenvalue weighted by molar-refractivity contribution is -0.123. The van der Waals surface area contributed by atoms with Crippen LogP contribution in [0.25, 0.3) is 0 Å². The maximum absolute atomic E-state index is 12.2. The number of amides is 1. The van der Waals surface area contributed by atoms with Gasteiger partial charge in [-0.25, -0.2) is 4.98 Å². The molecular formula is C16H23N3O2. The molecule has 2 fully saturated rings. The van der Waals surface area contributed by atoms with Crippen LogP contribution in [-0.4, -0.2) is 22.4 Å². The van der Waals surface area contributed by atoms with Crippen LogP contribution in [0.5, 0.6) is 0 Å². The molecule has 5 heteroatoms. The molecular weight excluding hydrogens is 266 g/mol. The van der Waals surface area contributed by atoms with Crippen molar-refractivity contribution >= 4 is 5.91 Å². The Labute approximate surface area is 124 Å². The van der Waals surface area contributed by atoms with Crippen molar-refractivity contribution in [3.63, 3.8) is 0 Å². The molecule has 5 nitrogen and oxygen atoms in total. The van der Waals surface area contributed by atoms with E-state index in [9.17, 15) is 9.59 Å². The van der Waals surface area contributed by atoms with Crippen molar-refractivity contribution in [1.29, 1.82) is 0 Å². The zero-order valence-corrected chi connectivity index (χ0v) is 12.6. The van der Waals surface area contributed by atoms with E-state index < -0.39 is 0 Å². The Kier molecular flexibility index (Phi) is 3.83. The lowest BCUT2D eigenvalue weighted by Crippen LogP contribution is -2.30. The number of H-pyrrole nitrogens is 1. The van der Waals surface area contributed by atoms with Gasteiger partial charge in [-0.15, -0.1) is 0 Å². The molecule has 1 heterocycles. The molecule has 0 aromatic carbocycles. The molecule has 1 aromatic rings. The van der Waals surface area contributed by atoms with Gasteiger partial charge in [-0.2, -0.15) is 0 Å². The first kappa shape index (κ1) is 14.3. The van der Waals surface area contributed by atoms with Crippen LogP contribution in [-0.2, 0) is 11.2 Å². The Balaban J connectivity index is 1.47. The fraction of sp³-hybridized carbons (Fsp3) is 0.688. The van der Waals surface area contributed by atoms with E-state index >= 15 is 0 Å². The van der Waals surface area contributed by atoms with Crippen LogP contribution in [0.15, 0.2) is 10.9 Å². The number of rotatable bonds is 4. The Morgan fingerprint density at radius 3 is 2.90 bits per heavy atom. The molecule has 3 rings (SSSR count). The van der Waals surface area contributed by atoms with Crippen LogP contribution in [0, 0.1) is 18.3 Å². The second-order valence-electron chi connectivity index (χ2n) is 6.55. The van der Waals surface area contributed by atoms with E-state index in [0.717, 1.165) is 6.42 Å². The van der Waals surface area contributed by atoms with Crippen molar-refractivity contribution in [3.8, 4) is 0 Å². The second-order valence-corrected chi connectivity index (χ2v) is 6.55. The summed E-state index contributed by atoms with van der Waals surface area (Å²) in [6.07, 6.45) is 7.95. The highest BCUT2D eigenvalue weighted by Crippen LogP contribution is 2.61. The van der Waals surface area contributed by atoms with Gasteiger partial charge in [0.15, 0.2) is 0 Å². The molecule has 2 aliphatic carbocycles. The van der Waals surface area contributed by atoms with E-state index in [1.54, 1.807) is 6.92 Å². The number of hydrogen-bond acceptors (Lipinski definition) is 3. The summed E-state index contributed by atoms with van der Waals surface area (Å²) < 4.78 is 0. The number of nitrogens with zero attached hydrogens (tertiary/aromatic N) is 1. The highest BCUT2D eigenvalue weighted by Gasteiger charge is 2.57. The predicted octanol–water partition coefficient (Wildman–Crippen LogP) is 1.71. The summed E-state index contributed by atoms with van der Waals surface area (Å²) >= 11 is 0. The molecule has 1 atom stereocenters. The normalized spacial score (nSPS) is 23.0. The lowest BCUT2D eigenvalue weighted by atomic mass is 9.84. The molecule has 2 N–H and O–H groups in total. The van der Waals surface area contributed by atoms with E-state index in [-0.39, 0.29) is 17.4 Å². The summed E-state index contributed by atoms with van der Waals surface area (Å²) in [7, 11) is 0. The monoisotopic (exact) mass is 289 g/mol. The smallest absolute Gasteiger partial charge is 0.251 e. The topological polar surface area (TPSA) is 74.8 Å². The van der Waals surface area contributed by atoms with Gasteiger partial charge in [-0.1, -0.05) is 19.3 Å². The SMILES string of the molecule is Cc1cc(=O)[nH]c(CCNC(=O)[C@H]2CC23CCCCC3)n1. The highest BCUT2D eigenvalue weighted by molar-refractivity contribution is 5.82. The van der Waals surface area contributed by atoms with Crippen molar-refractivity contribution in [2.75, 3.05) is 6.54 Å². The molecule has 0 saturated heterocycles. The van der Waals surface area contributed by atoms with E-state index in [4.69, 9.17) is 0 Å². The summed E-state index contributed by atoms with van der Waals surface area (Å²) in [4.78, 5) is 30.5. The van der Waals surface area contributed by atoms with Gasteiger partial charge in [-0.05, 0) is 31.6 Å². The summed E-state index contributed by atoms with van der Waals surface area (Å²) in [6, 6.07) is 1.47. The van der Waals surface area contributed by atoms with Crippen molar-refractivity contribution in [3.05, 3.63) is 27.9 Å². The molecule has 2 saturated carbocycles.